The summed E-state index contributed by atoms with van der Waals surface area (Å²) in [5, 5.41) is 8.91. The van der Waals surface area contributed by atoms with Crippen molar-refractivity contribution in [2.45, 2.75) is 18.9 Å². The number of hydrogen-bond donors (Lipinski definition) is 0. The second kappa shape index (κ2) is 3.49. The van der Waals surface area contributed by atoms with Crippen LogP contribution in [0.15, 0.2) is 18.2 Å². The largest absolute Gasteiger partial charge is 0.358 e. The van der Waals surface area contributed by atoms with Gasteiger partial charge in [0.1, 0.15) is 0 Å². The molecule has 0 aromatic heterocycles. The van der Waals surface area contributed by atoms with E-state index in [1.165, 1.54) is 0 Å². The fraction of sp³-hybridized carbons (Fsp3) is 0.385. The first-order valence-electron chi connectivity index (χ1n) is 5.78. The maximum Gasteiger partial charge on any atom is 0.246 e. The summed E-state index contributed by atoms with van der Waals surface area (Å²) in [7, 11) is 1.77. The van der Waals surface area contributed by atoms with Crippen molar-refractivity contribution < 1.29 is 4.79 Å². The lowest BCUT2D eigenvalue weighted by atomic mass is 10.1. The molecule has 2 aliphatic rings. The summed E-state index contributed by atoms with van der Waals surface area (Å²) in [6, 6.07) is 8.19. The first-order valence-corrected chi connectivity index (χ1v) is 5.78. The number of carbonyl (C=O) groups excluding carboxylic acids is 1. The molecule has 17 heavy (non-hydrogen) atoms. The zero-order valence-corrected chi connectivity index (χ0v) is 9.68. The monoisotopic (exact) mass is 227 g/mol. The molecule has 1 aliphatic heterocycles. The molecule has 3 rings (SSSR count). The van der Waals surface area contributed by atoms with Crippen molar-refractivity contribution in [3.8, 4) is 6.07 Å². The highest BCUT2D eigenvalue weighted by atomic mass is 16.2. The molecule has 1 aromatic carbocycles. The summed E-state index contributed by atoms with van der Waals surface area (Å²) in [6.07, 6.45) is 2.33. The number of nitrogens with zero attached hydrogens (tertiary/aromatic N) is 3. The minimum absolute atomic E-state index is 0.0967. The third-order valence-corrected chi connectivity index (χ3v) is 3.44. The van der Waals surface area contributed by atoms with E-state index in [-0.39, 0.29) is 5.91 Å². The zero-order valence-electron chi connectivity index (χ0n) is 9.68. The number of likely N-dealkylation sites (N-methyl/N-ethyl adjacent to an activating group) is 1. The van der Waals surface area contributed by atoms with Crippen LogP contribution in [0.1, 0.15) is 18.4 Å². The number of fused-ring (bicyclic) bond motifs is 1. The van der Waals surface area contributed by atoms with Crippen LogP contribution in [0.4, 0.5) is 11.4 Å². The zero-order chi connectivity index (χ0) is 12.0. The number of hydrogen-bond acceptors (Lipinski definition) is 3. The number of rotatable bonds is 1. The molecule has 0 bridgehead atoms. The third kappa shape index (κ3) is 1.55. The normalized spacial score (nSPS) is 18.9. The lowest BCUT2D eigenvalue weighted by Gasteiger charge is -2.35. The van der Waals surface area contributed by atoms with Gasteiger partial charge >= 0.3 is 0 Å². The van der Waals surface area contributed by atoms with Crippen LogP contribution in [0, 0.1) is 11.3 Å². The van der Waals surface area contributed by atoms with Crippen LogP contribution in [-0.4, -0.2) is 25.5 Å². The highest BCUT2D eigenvalue weighted by molar-refractivity contribution is 6.03. The topological polar surface area (TPSA) is 47.3 Å². The Morgan fingerprint density at radius 1 is 1.35 bits per heavy atom. The van der Waals surface area contributed by atoms with E-state index in [2.05, 4.69) is 11.0 Å². The van der Waals surface area contributed by atoms with Gasteiger partial charge in [0.2, 0.25) is 5.91 Å². The van der Waals surface area contributed by atoms with Gasteiger partial charge in [-0.25, -0.2) is 0 Å². The number of nitriles is 1. The maximum atomic E-state index is 11.9. The smallest absolute Gasteiger partial charge is 0.246 e. The number of anilines is 2. The molecule has 1 aliphatic carbocycles. The van der Waals surface area contributed by atoms with Crippen LogP contribution in [0.5, 0.6) is 0 Å². The van der Waals surface area contributed by atoms with Gasteiger partial charge < -0.3 is 9.80 Å². The van der Waals surface area contributed by atoms with Crippen LogP contribution >= 0.6 is 0 Å². The van der Waals surface area contributed by atoms with Gasteiger partial charge in [0.15, 0.2) is 0 Å². The molecule has 4 nitrogen and oxygen atoms in total. The van der Waals surface area contributed by atoms with Gasteiger partial charge in [0.05, 0.1) is 29.6 Å². The highest BCUT2D eigenvalue weighted by Gasteiger charge is 2.36. The molecule has 1 aromatic rings. The number of benzene rings is 1. The van der Waals surface area contributed by atoms with E-state index in [1.54, 1.807) is 18.0 Å². The van der Waals surface area contributed by atoms with Gasteiger partial charge in [-0.05, 0) is 31.0 Å². The van der Waals surface area contributed by atoms with E-state index in [0.717, 1.165) is 24.2 Å². The molecule has 0 saturated heterocycles. The molecule has 4 heteroatoms. The summed E-state index contributed by atoms with van der Waals surface area (Å²) in [5.41, 5.74) is 2.53. The van der Waals surface area contributed by atoms with Gasteiger partial charge in [0.25, 0.3) is 0 Å². The van der Waals surface area contributed by atoms with E-state index in [9.17, 15) is 4.79 Å². The first-order chi connectivity index (χ1) is 8.20. The molecular formula is C13H13N3O. The van der Waals surface area contributed by atoms with Gasteiger partial charge in [-0.1, -0.05) is 0 Å². The minimum atomic E-state index is 0.0967. The summed E-state index contributed by atoms with van der Waals surface area (Å²) in [6.45, 7) is 0.458. The van der Waals surface area contributed by atoms with Crippen molar-refractivity contribution >= 4 is 17.3 Å². The Morgan fingerprint density at radius 3 is 2.76 bits per heavy atom. The lowest BCUT2D eigenvalue weighted by Crippen LogP contribution is -2.44. The average molecular weight is 227 g/mol. The van der Waals surface area contributed by atoms with E-state index < -0.39 is 0 Å². The van der Waals surface area contributed by atoms with Crippen molar-refractivity contribution in [1.29, 1.82) is 5.26 Å². The van der Waals surface area contributed by atoms with E-state index in [4.69, 9.17) is 5.26 Å². The fourth-order valence-electron chi connectivity index (χ4n) is 2.29. The summed E-state index contributed by atoms with van der Waals surface area (Å²) < 4.78 is 0. The van der Waals surface area contributed by atoms with Crippen LogP contribution in [0.2, 0.25) is 0 Å². The van der Waals surface area contributed by atoms with Crippen molar-refractivity contribution in [3.05, 3.63) is 23.8 Å². The van der Waals surface area contributed by atoms with Crippen molar-refractivity contribution in [1.82, 2.24) is 0 Å². The predicted molar refractivity (Wildman–Crippen MR) is 64.9 cm³/mol. The number of amides is 1. The molecule has 0 unspecified atom stereocenters. The summed E-state index contributed by atoms with van der Waals surface area (Å²) in [4.78, 5) is 15.7. The van der Waals surface area contributed by atoms with Crippen LogP contribution < -0.4 is 9.80 Å². The Morgan fingerprint density at radius 2 is 2.12 bits per heavy atom. The lowest BCUT2D eigenvalue weighted by molar-refractivity contribution is -0.117. The molecule has 1 saturated carbocycles. The van der Waals surface area contributed by atoms with Crippen molar-refractivity contribution in [2.24, 2.45) is 0 Å². The second-order valence-electron chi connectivity index (χ2n) is 4.63. The molecule has 1 amide bonds. The predicted octanol–water partition coefficient (Wildman–Crippen LogP) is 1.50. The van der Waals surface area contributed by atoms with Crippen molar-refractivity contribution in [2.75, 3.05) is 23.4 Å². The minimum Gasteiger partial charge on any atom is -0.358 e. The molecule has 0 radical (unpaired) electrons. The highest BCUT2D eigenvalue weighted by Crippen LogP contribution is 2.40. The molecule has 86 valence electrons. The van der Waals surface area contributed by atoms with Crippen LogP contribution in [-0.2, 0) is 4.79 Å². The fourth-order valence-corrected chi connectivity index (χ4v) is 2.29. The van der Waals surface area contributed by atoms with E-state index >= 15 is 0 Å². The van der Waals surface area contributed by atoms with Crippen molar-refractivity contribution in [3.63, 3.8) is 0 Å². The van der Waals surface area contributed by atoms with Gasteiger partial charge in [-0.2, -0.15) is 5.26 Å². The maximum absolute atomic E-state index is 11.9. The quantitative estimate of drug-likeness (QED) is 0.730. The molecule has 0 spiro atoms. The van der Waals surface area contributed by atoms with Crippen LogP contribution in [0.3, 0.4) is 0 Å². The average Bonchev–Trinajstić information content (AvgIpc) is 3.17. The Kier molecular flexibility index (Phi) is 2.08. The molecule has 1 heterocycles. The Hall–Kier alpha value is -2.02. The molecule has 0 N–H and O–H groups in total. The third-order valence-electron chi connectivity index (χ3n) is 3.44. The Bertz CT molecular complexity index is 528. The molecular weight excluding hydrogens is 214 g/mol. The standard InChI is InChI=1S/C13H13N3O/c1-15-12-6-9(7-14)2-5-11(12)16(8-13(15)17)10-3-4-10/h2,5-6,10H,3-4,8H2,1H3. The van der Waals surface area contributed by atoms with E-state index in [0.29, 0.717) is 18.2 Å². The number of carbonyl (C=O) groups is 1. The first kappa shape index (κ1) is 10.2. The Balaban J connectivity index is 2.10. The van der Waals surface area contributed by atoms with Gasteiger partial charge in [-0.15, -0.1) is 0 Å². The SMILES string of the molecule is CN1C(=O)CN(C2CC2)c2ccc(C#N)cc21. The van der Waals surface area contributed by atoms with Gasteiger partial charge in [-0.3, -0.25) is 4.79 Å². The molecule has 0 atom stereocenters. The summed E-state index contributed by atoms with van der Waals surface area (Å²) in [5.74, 6) is 0.0967. The molecule has 1 fully saturated rings. The summed E-state index contributed by atoms with van der Waals surface area (Å²) >= 11 is 0. The van der Waals surface area contributed by atoms with E-state index in [1.807, 2.05) is 12.1 Å². The Labute approximate surface area is 100 Å². The second-order valence-corrected chi connectivity index (χ2v) is 4.63. The van der Waals surface area contributed by atoms with Gasteiger partial charge in [0, 0.05) is 13.1 Å². The van der Waals surface area contributed by atoms with Crippen LogP contribution in [0.25, 0.3) is 0 Å².